The van der Waals surface area contributed by atoms with Crippen molar-refractivity contribution >= 4 is 17.3 Å². The van der Waals surface area contributed by atoms with Gasteiger partial charge in [-0.15, -0.1) is 0 Å². The van der Waals surface area contributed by atoms with Gasteiger partial charge in [0.05, 0.1) is 24.0 Å². The van der Waals surface area contributed by atoms with E-state index >= 15 is 0 Å². The minimum atomic E-state index is -0.392. The second kappa shape index (κ2) is 11.2. The van der Waals surface area contributed by atoms with E-state index in [4.69, 9.17) is 4.74 Å². The maximum Gasteiger partial charge on any atom is 0.269 e. The number of nitro groups is 1. The van der Waals surface area contributed by atoms with Gasteiger partial charge in [0.1, 0.15) is 11.6 Å². The van der Waals surface area contributed by atoms with Gasteiger partial charge in [0.25, 0.3) is 5.69 Å². The van der Waals surface area contributed by atoms with E-state index in [0.29, 0.717) is 39.0 Å². The van der Waals surface area contributed by atoms with Gasteiger partial charge in [0, 0.05) is 50.5 Å². The highest BCUT2D eigenvalue weighted by atomic mass is 19.1. The normalized spacial score (nSPS) is 18.8. The molecule has 2 aliphatic rings. The number of anilines is 1. The Hall–Kier alpha value is -3.98. The van der Waals surface area contributed by atoms with E-state index in [1.807, 2.05) is 30.3 Å². The Morgan fingerprint density at radius 1 is 1.08 bits per heavy atom. The second-order valence-corrected chi connectivity index (χ2v) is 9.89. The summed E-state index contributed by atoms with van der Waals surface area (Å²) in [6, 6.07) is 19.2. The quantitative estimate of drug-likeness (QED) is 0.359. The molecule has 1 fully saturated rings. The maximum absolute atomic E-state index is 13.5. The topological polar surface area (TPSA) is 87.9 Å². The third-order valence-corrected chi connectivity index (χ3v) is 7.52. The van der Waals surface area contributed by atoms with E-state index in [0.717, 1.165) is 34.7 Å². The number of non-ortho nitro benzene ring substituents is 1. The molecule has 1 amide bonds. The summed E-state index contributed by atoms with van der Waals surface area (Å²) in [5.41, 5.74) is 3.95. The van der Waals surface area contributed by atoms with Crippen molar-refractivity contribution in [2.45, 2.75) is 25.4 Å². The highest BCUT2D eigenvalue weighted by Gasteiger charge is 2.41. The van der Waals surface area contributed by atoms with Gasteiger partial charge in [0.2, 0.25) is 5.91 Å². The average Bonchev–Trinajstić information content (AvgIpc) is 2.93. The lowest BCUT2D eigenvalue weighted by atomic mass is 9.83. The molecule has 2 atom stereocenters. The van der Waals surface area contributed by atoms with Crippen LogP contribution < -0.4 is 15.0 Å². The molecule has 8 nitrogen and oxygen atoms in total. The lowest BCUT2D eigenvalue weighted by Crippen LogP contribution is -2.61. The zero-order valence-corrected chi connectivity index (χ0v) is 21.3. The molecule has 2 aliphatic heterocycles. The molecule has 3 aromatic carbocycles. The van der Waals surface area contributed by atoms with Crippen LogP contribution in [0.25, 0.3) is 0 Å². The molecule has 0 aliphatic carbocycles. The van der Waals surface area contributed by atoms with Crippen molar-refractivity contribution in [3.05, 3.63) is 99.4 Å². The number of ether oxygens (including phenoxy) is 1. The standard InChI is InChI=1S/C29H31FN4O4/c1-38-25-9-4-20(5-10-25)12-13-31-29(35)26-17-22-16-24(34(36)37)8-11-27(22)33-15-14-32(19-28(26)33)18-21-2-6-23(30)7-3-21/h2-11,16,26,28H,12-15,17-19H2,1H3,(H,31,35)/t26-,28-/m1/s1. The summed E-state index contributed by atoms with van der Waals surface area (Å²) in [5, 5.41) is 14.5. The Labute approximate surface area is 221 Å². The predicted octanol–water partition coefficient (Wildman–Crippen LogP) is 3.96. The monoisotopic (exact) mass is 518 g/mol. The first-order chi connectivity index (χ1) is 18.4. The first-order valence-electron chi connectivity index (χ1n) is 12.8. The number of carbonyl (C=O) groups excluding carboxylic acids is 1. The Bertz CT molecular complexity index is 1300. The molecule has 5 rings (SSSR count). The molecule has 0 radical (unpaired) electrons. The van der Waals surface area contributed by atoms with Crippen LogP contribution in [-0.4, -0.2) is 55.1 Å². The maximum atomic E-state index is 13.5. The van der Waals surface area contributed by atoms with Gasteiger partial charge in [0.15, 0.2) is 0 Å². The Balaban J connectivity index is 1.32. The summed E-state index contributed by atoms with van der Waals surface area (Å²) in [6.45, 7) is 3.31. The lowest BCUT2D eigenvalue weighted by molar-refractivity contribution is -0.384. The van der Waals surface area contributed by atoms with Gasteiger partial charge in [-0.2, -0.15) is 0 Å². The van der Waals surface area contributed by atoms with E-state index in [-0.39, 0.29) is 29.4 Å². The first kappa shape index (κ1) is 25.7. The number of hydrogen-bond acceptors (Lipinski definition) is 6. The summed E-state index contributed by atoms with van der Waals surface area (Å²) in [5.74, 6) is 0.129. The molecule has 38 heavy (non-hydrogen) atoms. The number of methoxy groups -OCH3 is 1. The number of nitro benzene ring substituents is 1. The zero-order valence-electron chi connectivity index (χ0n) is 21.3. The van der Waals surface area contributed by atoms with Crippen LogP contribution in [0.4, 0.5) is 15.8 Å². The molecule has 1 N–H and O–H groups in total. The second-order valence-electron chi connectivity index (χ2n) is 9.89. The molecule has 0 unspecified atom stereocenters. The third-order valence-electron chi connectivity index (χ3n) is 7.52. The smallest absolute Gasteiger partial charge is 0.269 e. The summed E-state index contributed by atoms with van der Waals surface area (Å²) < 4.78 is 18.6. The lowest BCUT2D eigenvalue weighted by Gasteiger charge is -2.49. The number of benzene rings is 3. The number of halogens is 1. The Morgan fingerprint density at radius 2 is 1.82 bits per heavy atom. The number of nitrogens with zero attached hydrogens (tertiary/aromatic N) is 3. The molecule has 2 heterocycles. The SMILES string of the molecule is COc1ccc(CCNC(=O)[C@@H]2Cc3cc([N+](=O)[O-])ccc3N3CCN(Cc4ccc(F)cc4)C[C@H]23)cc1. The minimum Gasteiger partial charge on any atom is -0.497 e. The molecular formula is C29H31FN4O4. The number of nitrogens with one attached hydrogen (secondary N) is 1. The zero-order chi connectivity index (χ0) is 26.6. The number of amides is 1. The van der Waals surface area contributed by atoms with Crippen LogP contribution in [-0.2, 0) is 24.2 Å². The van der Waals surface area contributed by atoms with Crippen molar-refractivity contribution in [3.63, 3.8) is 0 Å². The summed E-state index contributed by atoms with van der Waals surface area (Å²) >= 11 is 0. The summed E-state index contributed by atoms with van der Waals surface area (Å²) in [7, 11) is 1.63. The summed E-state index contributed by atoms with van der Waals surface area (Å²) in [6.07, 6.45) is 1.13. The molecule has 198 valence electrons. The number of piperazine rings is 1. The number of fused-ring (bicyclic) bond motifs is 3. The fourth-order valence-electron chi connectivity index (χ4n) is 5.53. The van der Waals surface area contributed by atoms with Crippen molar-refractivity contribution in [2.24, 2.45) is 5.92 Å². The van der Waals surface area contributed by atoms with Crippen molar-refractivity contribution < 1.29 is 18.8 Å². The van der Waals surface area contributed by atoms with E-state index < -0.39 is 4.92 Å². The van der Waals surface area contributed by atoms with Crippen LogP contribution in [0.3, 0.4) is 0 Å². The fraction of sp³-hybridized carbons (Fsp3) is 0.345. The highest BCUT2D eigenvalue weighted by Crippen LogP contribution is 2.38. The van der Waals surface area contributed by atoms with Gasteiger partial charge in [-0.05, 0) is 59.9 Å². The Kier molecular flexibility index (Phi) is 7.55. The first-order valence-corrected chi connectivity index (χ1v) is 12.8. The molecule has 1 saturated heterocycles. The van der Waals surface area contributed by atoms with E-state index in [1.165, 1.54) is 18.2 Å². The predicted molar refractivity (Wildman–Crippen MR) is 143 cm³/mol. The number of rotatable bonds is 8. The van der Waals surface area contributed by atoms with Crippen LogP contribution in [0.1, 0.15) is 16.7 Å². The van der Waals surface area contributed by atoms with Gasteiger partial charge in [-0.1, -0.05) is 24.3 Å². The van der Waals surface area contributed by atoms with E-state index in [1.54, 1.807) is 25.3 Å². The molecule has 0 saturated carbocycles. The van der Waals surface area contributed by atoms with Gasteiger partial charge in [-0.3, -0.25) is 19.8 Å². The van der Waals surface area contributed by atoms with Crippen molar-refractivity contribution in [1.29, 1.82) is 0 Å². The Morgan fingerprint density at radius 3 is 2.53 bits per heavy atom. The fourth-order valence-corrected chi connectivity index (χ4v) is 5.53. The van der Waals surface area contributed by atoms with Crippen LogP contribution >= 0.6 is 0 Å². The largest absolute Gasteiger partial charge is 0.497 e. The van der Waals surface area contributed by atoms with Crippen molar-refractivity contribution in [1.82, 2.24) is 10.2 Å². The molecule has 0 spiro atoms. The molecule has 0 aromatic heterocycles. The number of hydrogen-bond donors (Lipinski definition) is 1. The third kappa shape index (κ3) is 5.62. The average molecular weight is 519 g/mol. The van der Waals surface area contributed by atoms with E-state index in [9.17, 15) is 19.3 Å². The summed E-state index contributed by atoms with van der Waals surface area (Å²) in [4.78, 5) is 29.1. The van der Waals surface area contributed by atoms with Crippen molar-refractivity contribution in [3.8, 4) is 5.75 Å². The van der Waals surface area contributed by atoms with Crippen LogP contribution in [0.2, 0.25) is 0 Å². The van der Waals surface area contributed by atoms with Gasteiger partial charge < -0.3 is 15.0 Å². The van der Waals surface area contributed by atoms with Crippen LogP contribution in [0, 0.1) is 21.8 Å². The van der Waals surface area contributed by atoms with Crippen LogP contribution in [0.15, 0.2) is 66.7 Å². The molecule has 0 bridgehead atoms. The minimum absolute atomic E-state index is 0.0378. The van der Waals surface area contributed by atoms with E-state index in [2.05, 4.69) is 15.1 Å². The number of carbonyl (C=O) groups is 1. The molecule has 9 heteroatoms. The van der Waals surface area contributed by atoms with Gasteiger partial charge in [-0.25, -0.2) is 4.39 Å². The van der Waals surface area contributed by atoms with Gasteiger partial charge >= 0.3 is 0 Å². The highest BCUT2D eigenvalue weighted by molar-refractivity contribution is 5.82. The molecule has 3 aromatic rings. The van der Waals surface area contributed by atoms with Crippen LogP contribution in [0.5, 0.6) is 5.75 Å². The van der Waals surface area contributed by atoms with Crippen molar-refractivity contribution in [2.75, 3.05) is 38.2 Å². The molecular weight excluding hydrogens is 487 g/mol.